The lowest BCUT2D eigenvalue weighted by molar-refractivity contribution is 0.0495. The number of hydrogen-bond acceptors (Lipinski definition) is 7. The molecule has 2 aromatic heterocycles. The van der Waals surface area contributed by atoms with E-state index < -0.39 is 5.60 Å². The van der Waals surface area contributed by atoms with Crippen molar-refractivity contribution < 1.29 is 14.3 Å². The molecule has 1 aromatic carbocycles. The van der Waals surface area contributed by atoms with Gasteiger partial charge < -0.3 is 19.7 Å². The van der Waals surface area contributed by atoms with Crippen molar-refractivity contribution in [3.8, 4) is 5.75 Å². The number of alkyl carbamates (subject to hydrolysis) is 1. The van der Waals surface area contributed by atoms with Crippen LogP contribution in [0.4, 0.5) is 10.6 Å². The molecular formula is C25H34N6O4. The summed E-state index contributed by atoms with van der Waals surface area (Å²) >= 11 is 0. The van der Waals surface area contributed by atoms with Crippen molar-refractivity contribution in [3.63, 3.8) is 0 Å². The summed E-state index contributed by atoms with van der Waals surface area (Å²) in [6, 6.07) is 7.69. The van der Waals surface area contributed by atoms with Crippen LogP contribution >= 0.6 is 0 Å². The van der Waals surface area contributed by atoms with Crippen molar-refractivity contribution in [2.45, 2.75) is 52.7 Å². The number of hydrogen-bond donors (Lipinski definition) is 2. The number of fused-ring (bicyclic) bond motifs is 1. The largest absolute Gasteiger partial charge is 0.497 e. The Labute approximate surface area is 204 Å². The van der Waals surface area contributed by atoms with Crippen LogP contribution in [0.3, 0.4) is 0 Å². The normalized spacial score (nSPS) is 15.7. The molecule has 0 atom stereocenters. The molecule has 35 heavy (non-hydrogen) atoms. The summed E-state index contributed by atoms with van der Waals surface area (Å²) in [5.74, 6) is 1.52. The maximum Gasteiger partial charge on any atom is 0.407 e. The highest BCUT2D eigenvalue weighted by molar-refractivity contribution is 5.71. The first-order valence-corrected chi connectivity index (χ1v) is 11.9. The predicted molar refractivity (Wildman–Crippen MR) is 134 cm³/mol. The molecule has 0 aliphatic carbocycles. The minimum absolute atomic E-state index is 0.0323. The fourth-order valence-electron chi connectivity index (χ4n) is 4.18. The summed E-state index contributed by atoms with van der Waals surface area (Å²) in [5.41, 5.74) is 1.06. The highest BCUT2D eigenvalue weighted by atomic mass is 16.6. The van der Waals surface area contributed by atoms with E-state index in [-0.39, 0.29) is 17.1 Å². The maximum atomic E-state index is 12.4. The molecule has 1 saturated heterocycles. The maximum absolute atomic E-state index is 12.4. The molecule has 0 saturated carbocycles. The van der Waals surface area contributed by atoms with Crippen LogP contribution in [0.1, 0.15) is 46.1 Å². The average molecular weight is 483 g/mol. The highest BCUT2D eigenvalue weighted by Gasteiger charge is 2.32. The number of aromatic nitrogens is 4. The Hall–Kier alpha value is -3.56. The summed E-state index contributed by atoms with van der Waals surface area (Å²) in [4.78, 5) is 35.9. The van der Waals surface area contributed by atoms with Crippen LogP contribution in [0.15, 0.2) is 35.3 Å². The van der Waals surface area contributed by atoms with E-state index >= 15 is 0 Å². The third-order valence-electron chi connectivity index (χ3n) is 6.30. The fourth-order valence-corrected chi connectivity index (χ4v) is 4.18. The van der Waals surface area contributed by atoms with Gasteiger partial charge in [0.15, 0.2) is 11.2 Å². The van der Waals surface area contributed by atoms with Crippen molar-refractivity contribution >= 4 is 23.1 Å². The van der Waals surface area contributed by atoms with Crippen LogP contribution in [0.25, 0.3) is 11.2 Å². The number of methoxy groups -OCH3 is 1. The number of anilines is 1. The molecule has 0 spiro atoms. The van der Waals surface area contributed by atoms with Gasteiger partial charge in [-0.3, -0.25) is 14.6 Å². The van der Waals surface area contributed by atoms with Gasteiger partial charge in [0.1, 0.15) is 17.2 Å². The Balaban J connectivity index is 1.43. The molecule has 1 fully saturated rings. The first-order valence-electron chi connectivity index (χ1n) is 11.9. The van der Waals surface area contributed by atoms with E-state index in [1.807, 2.05) is 45.0 Å². The lowest BCUT2D eigenvalue weighted by Crippen LogP contribution is -2.46. The van der Waals surface area contributed by atoms with Gasteiger partial charge >= 0.3 is 6.09 Å². The Morgan fingerprint density at radius 2 is 1.89 bits per heavy atom. The SMILES string of the molecule is COc1ccc(Cn2[nH]c(=O)c3ncc(N4CCC(C)(CNC(=O)OC(C)(C)C)CC4)nc32)cc1. The average Bonchev–Trinajstić information content (AvgIpc) is 3.12. The molecule has 3 heterocycles. The van der Waals surface area contributed by atoms with Crippen LogP contribution in [-0.2, 0) is 11.3 Å². The third kappa shape index (κ3) is 5.93. The fraction of sp³-hybridized carbons (Fsp3) is 0.520. The number of nitrogens with one attached hydrogen (secondary N) is 2. The lowest BCUT2D eigenvalue weighted by atomic mass is 9.80. The van der Waals surface area contributed by atoms with Crippen molar-refractivity contribution in [1.29, 1.82) is 0 Å². The summed E-state index contributed by atoms with van der Waals surface area (Å²) < 4.78 is 12.3. The number of ether oxygens (including phenoxy) is 2. The molecule has 10 heteroatoms. The minimum atomic E-state index is -0.516. The summed E-state index contributed by atoms with van der Waals surface area (Å²) in [5, 5.41) is 5.76. The molecule has 0 radical (unpaired) electrons. The van der Waals surface area contributed by atoms with E-state index in [1.54, 1.807) is 18.0 Å². The topological polar surface area (TPSA) is 114 Å². The number of amides is 1. The molecule has 0 unspecified atom stereocenters. The number of piperidine rings is 1. The number of carbonyl (C=O) groups excluding carboxylic acids is 1. The van der Waals surface area contributed by atoms with Crippen LogP contribution in [-0.4, -0.2) is 58.2 Å². The Morgan fingerprint density at radius 3 is 2.51 bits per heavy atom. The molecule has 1 aliphatic rings. The third-order valence-corrected chi connectivity index (χ3v) is 6.30. The second kappa shape index (κ2) is 9.59. The van der Waals surface area contributed by atoms with Crippen molar-refractivity contribution in [2.24, 2.45) is 5.41 Å². The lowest BCUT2D eigenvalue weighted by Gasteiger charge is -2.40. The Kier molecular flexibility index (Phi) is 6.73. The van der Waals surface area contributed by atoms with Crippen LogP contribution in [0, 0.1) is 5.41 Å². The Morgan fingerprint density at radius 1 is 1.20 bits per heavy atom. The van der Waals surface area contributed by atoms with Crippen LogP contribution in [0.2, 0.25) is 0 Å². The number of nitrogens with zero attached hydrogens (tertiary/aromatic N) is 4. The highest BCUT2D eigenvalue weighted by Crippen LogP contribution is 2.32. The molecule has 10 nitrogen and oxygen atoms in total. The molecule has 188 valence electrons. The standard InChI is InChI=1S/C25H34N6O4/c1-24(2,3)35-23(33)27-16-25(4)10-12-30(13-11-25)19-14-26-20-21(28-19)31(29-22(20)32)15-17-6-8-18(34-5)9-7-17/h6-9,14H,10-13,15-16H2,1-5H3,(H,27,33)(H,29,32). The second-order valence-corrected chi connectivity index (χ2v) is 10.4. The smallest absolute Gasteiger partial charge is 0.407 e. The number of rotatable bonds is 6. The quantitative estimate of drug-likeness (QED) is 0.554. The van der Waals surface area contributed by atoms with Crippen LogP contribution < -0.4 is 20.5 Å². The molecule has 0 bridgehead atoms. The number of H-pyrrole nitrogens is 1. The first kappa shape index (κ1) is 24.6. The van der Waals surface area contributed by atoms with E-state index in [1.165, 1.54) is 0 Å². The molecule has 3 aromatic rings. The summed E-state index contributed by atoms with van der Waals surface area (Å²) in [7, 11) is 1.63. The van der Waals surface area contributed by atoms with E-state index in [4.69, 9.17) is 14.5 Å². The number of benzene rings is 1. The van der Waals surface area contributed by atoms with E-state index in [0.717, 1.165) is 43.1 Å². The van der Waals surface area contributed by atoms with Crippen molar-refractivity contribution in [3.05, 3.63) is 46.4 Å². The van der Waals surface area contributed by atoms with Crippen molar-refractivity contribution in [2.75, 3.05) is 31.6 Å². The zero-order chi connectivity index (χ0) is 25.2. The van der Waals surface area contributed by atoms with Gasteiger partial charge in [-0.1, -0.05) is 19.1 Å². The monoisotopic (exact) mass is 482 g/mol. The molecule has 4 rings (SSSR count). The summed E-state index contributed by atoms with van der Waals surface area (Å²) in [6.45, 7) is 10.3. The molecule has 1 aliphatic heterocycles. The number of carbonyl (C=O) groups is 1. The van der Waals surface area contributed by atoms with Gasteiger partial charge in [0.05, 0.1) is 19.9 Å². The molecule has 1 amide bonds. The van der Waals surface area contributed by atoms with E-state index in [0.29, 0.717) is 24.3 Å². The van der Waals surface area contributed by atoms with E-state index in [9.17, 15) is 9.59 Å². The van der Waals surface area contributed by atoms with Gasteiger partial charge in [-0.05, 0) is 56.7 Å². The Bertz CT molecular complexity index is 1230. The van der Waals surface area contributed by atoms with Gasteiger partial charge in [-0.25, -0.2) is 14.8 Å². The van der Waals surface area contributed by atoms with Gasteiger partial charge in [-0.2, -0.15) is 0 Å². The van der Waals surface area contributed by atoms with Gasteiger partial charge in [0.2, 0.25) is 0 Å². The van der Waals surface area contributed by atoms with Gasteiger partial charge in [0, 0.05) is 19.6 Å². The second-order valence-electron chi connectivity index (χ2n) is 10.4. The van der Waals surface area contributed by atoms with Crippen LogP contribution in [0.5, 0.6) is 5.75 Å². The zero-order valence-electron chi connectivity index (χ0n) is 21.1. The van der Waals surface area contributed by atoms with Gasteiger partial charge in [0.25, 0.3) is 5.56 Å². The molecule has 2 N–H and O–H groups in total. The number of aromatic amines is 1. The van der Waals surface area contributed by atoms with Crippen molar-refractivity contribution in [1.82, 2.24) is 25.1 Å². The zero-order valence-corrected chi connectivity index (χ0v) is 21.1. The van der Waals surface area contributed by atoms with Gasteiger partial charge in [-0.15, -0.1) is 0 Å². The summed E-state index contributed by atoms with van der Waals surface area (Å²) in [6.07, 6.45) is 3.04. The predicted octanol–water partition coefficient (Wildman–Crippen LogP) is 3.31. The van der Waals surface area contributed by atoms with E-state index in [2.05, 4.69) is 27.2 Å². The molecular weight excluding hydrogens is 448 g/mol. The minimum Gasteiger partial charge on any atom is -0.497 e. The first-order chi connectivity index (χ1) is 16.5.